The van der Waals surface area contributed by atoms with E-state index in [0.29, 0.717) is 0 Å². The van der Waals surface area contributed by atoms with Gasteiger partial charge >= 0.3 is 5.97 Å². The van der Waals surface area contributed by atoms with Crippen LogP contribution in [0.2, 0.25) is 0 Å². The van der Waals surface area contributed by atoms with E-state index < -0.39 is 35.6 Å². The lowest BCUT2D eigenvalue weighted by atomic mass is 10.1. The Hall–Kier alpha value is -2.02. The van der Waals surface area contributed by atoms with Crippen molar-refractivity contribution in [3.63, 3.8) is 0 Å². The molecule has 0 amide bonds. The summed E-state index contributed by atoms with van der Waals surface area (Å²) in [5.41, 5.74) is 4.92. The summed E-state index contributed by atoms with van der Waals surface area (Å²) in [6.45, 7) is -0.633. The summed E-state index contributed by atoms with van der Waals surface area (Å²) in [5.74, 6) is -3.35. The van der Waals surface area contributed by atoms with Crippen LogP contribution < -0.4 is 5.73 Å². The summed E-state index contributed by atoms with van der Waals surface area (Å²) < 4.78 is 45.1. The van der Waals surface area contributed by atoms with Gasteiger partial charge in [0.15, 0.2) is 0 Å². The highest BCUT2D eigenvalue weighted by atomic mass is 79.9. The Labute approximate surface area is 126 Å². The molecule has 2 N–H and O–H groups in total. The molecule has 21 heavy (non-hydrogen) atoms. The van der Waals surface area contributed by atoms with Crippen LogP contribution in [-0.2, 0) is 11.3 Å². The first-order valence-electron chi connectivity index (χ1n) is 5.74. The largest absolute Gasteiger partial charge is 0.457 e. The van der Waals surface area contributed by atoms with Crippen LogP contribution in [-0.4, -0.2) is 5.97 Å². The molecule has 0 fully saturated rings. The molecule has 0 spiro atoms. The van der Waals surface area contributed by atoms with Gasteiger partial charge in [0.05, 0.1) is 15.6 Å². The predicted molar refractivity (Wildman–Crippen MR) is 74.0 cm³/mol. The van der Waals surface area contributed by atoms with Crippen LogP contribution >= 0.6 is 15.9 Å². The number of ether oxygens (including phenoxy) is 1. The third-order valence-electron chi connectivity index (χ3n) is 2.72. The second-order valence-corrected chi connectivity index (χ2v) is 4.98. The minimum Gasteiger partial charge on any atom is -0.457 e. The molecular weight excluding hydrogens is 351 g/mol. The molecule has 0 aliphatic carbocycles. The van der Waals surface area contributed by atoms with Crippen LogP contribution in [0.25, 0.3) is 0 Å². The summed E-state index contributed by atoms with van der Waals surface area (Å²) in [4.78, 5) is 11.8. The highest BCUT2D eigenvalue weighted by Crippen LogP contribution is 2.23. The van der Waals surface area contributed by atoms with Gasteiger partial charge in [0.2, 0.25) is 0 Å². The maximum Gasteiger partial charge on any atom is 0.340 e. The summed E-state index contributed by atoms with van der Waals surface area (Å²) >= 11 is 2.90. The molecule has 0 aliphatic rings. The van der Waals surface area contributed by atoms with Gasteiger partial charge in [0, 0.05) is 5.69 Å². The number of anilines is 1. The van der Waals surface area contributed by atoms with Crippen molar-refractivity contribution in [2.24, 2.45) is 0 Å². The fraction of sp³-hybridized carbons (Fsp3) is 0.0714. The Morgan fingerprint density at radius 1 is 1.19 bits per heavy atom. The zero-order valence-corrected chi connectivity index (χ0v) is 12.1. The average molecular weight is 360 g/mol. The topological polar surface area (TPSA) is 52.3 Å². The second-order valence-electron chi connectivity index (χ2n) is 4.13. The number of rotatable bonds is 3. The summed E-state index contributed by atoms with van der Waals surface area (Å²) in [6.07, 6.45) is 0. The van der Waals surface area contributed by atoms with Gasteiger partial charge in [-0.15, -0.1) is 0 Å². The van der Waals surface area contributed by atoms with E-state index in [2.05, 4.69) is 15.9 Å². The third kappa shape index (κ3) is 3.36. The molecule has 2 rings (SSSR count). The number of benzene rings is 2. The maximum absolute atomic E-state index is 13.7. The van der Waals surface area contributed by atoms with Crippen molar-refractivity contribution in [1.29, 1.82) is 0 Å². The molecule has 0 saturated carbocycles. The Morgan fingerprint density at radius 3 is 2.62 bits per heavy atom. The lowest BCUT2D eigenvalue weighted by Gasteiger charge is -2.09. The number of nitrogens with two attached hydrogens (primary N) is 1. The third-order valence-corrected chi connectivity index (χ3v) is 3.33. The number of carbonyl (C=O) groups is 1. The molecule has 0 aliphatic heterocycles. The first kappa shape index (κ1) is 15.4. The lowest BCUT2D eigenvalue weighted by molar-refractivity contribution is 0.0465. The second kappa shape index (κ2) is 6.17. The van der Waals surface area contributed by atoms with E-state index in [0.717, 1.165) is 18.2 Å². The molecule has 0 atom stereocenters. The minimum atomic E-state index is -0.967. The van der Waals surface area contributed by atoms with Gasteiger partial charge in [-0.2, -0.15) is 0 Å². The van der Waals surface area contributed by atoms with Crippen molar-refractivity contribution in [3.8, 4) is 0 Å². The normalized spacial score (nSPS) is 10.5. The summed E-state index contributed by atoms with van der Waals surface area (Å²) in [6, 6.07) is 5.41. The Kier molecular flexibility index (Phi) is 4.52. The summed E-state index contributed by atoms with van der Waals surface area (Å²) in [5, 5.41) is 0. The monoisotopic (exact) mass is 359 g/mol. The highest BCUT2D eigenvalue weighted by molar-refractivity contribution is 9.10. The molecule has 0 bridgehead atoms. The van der Waals surface area contributed by atoms with Gasteiger partial charge < -0.3 is 10.5 Å². The van der Waals surface area contributed by atoms with Gasteiger partial charge in [0.1, 0.15) is 24.1 Å². The van der Waals surface area contributed by atoms with E-state index in [1.165, 1.54) is 12.1 Å². The first-order valence-corrected chi connectivity index (χ1v) is 6.54. The average Bonchev–Trinajstić information content (AvgIpc) is 2.45. The van der Waals surface area contributed by atoms with Crippen LogP contribution in [0.3, 0.4) is 0 Å². The zero-order chi connectivity index (χ0) is 15.6. The van der Waals surface area contributed by atoms with Crippen molar-refractivity contribution in [2.45, 2.75) is 6.61 Å². The van der Waals surface area contributed by atoms with Crippen molar-refractivity contribution in [1.82, 2.24) is 0 Å². The minimum absolute atomic E-state index is 0.0107. The molecular formula is C14H9BrF3NO2. The van der Waals surface area contributed by atoms with Gasteiger partial charge in [-0.25, -0.2) is 18.0 Å². The number of hydrogen-bond donors (Lipinski definition) is 1. The molecule has 0 saturated heterocycles. The molecule has 110 valence electrons. The molecule has 7 heteroatoms. The first-order chi connectivity index (χ1) is 9.90. The zero-order valence-electron chi connectivity index (χ0n) is 10.5. The molecule has 3 nitrogen and oxygen atoms in total. The van der Waals surface area contributed by atoms with Crippen LogP contribution in [0.4, 0.5) is 18.9 Å². The van der Waals surface area contributed by atoms with Crippen molar-refractivity contribution >= 4 is 27.6 Å². The number of carbonyl (C=O) groups excluding carboxylic acids is 1. The highest BCUT2D eigenvalue weighted by Gasteiger charge is 2.17. The van der Waals surface area contributed by atoms with Crippen molar-refractivity contribution in [2.75, 3.05) is 5.73 Å². The Balaban J connectivity index is 2.19. The standard InChI is InChI=1S/C14H9BrF3NO2/c15-10-2-3-11(17)9(13(10)18)6-21-14(20)8-5-7(16)1-4-12(8)19/h1-5H,6,19H2. The van der Waals surface area contributed by atoms with Gasteiger partial charge in [-0.1, -0.05) is 0 Å². The Bertz CT molecular complexity index is 707. The molecule has 0 heterocycles. The quantitative estimate of drug-likeness (QED) is 0.515. The number of halogens is 4. The molecule has 2 aromatic rings. The van der Waals surface area contributed by atoms with E-state index in [1.54, 1.807) is 0 Å². The van der Waals surface area contributed by atoms with E-state index >= 15 is 0 Å². The van der Waals surface area contributed by atoms with E-state index in [-0.39, 0.29) is 15.7 Å². The van der Waals surface area contributed by atoms with E-state index in [9.17, 15) is 18.0 Å². The van der Waals surface area contributed by atoms with Gasteiger partial charge in [-0.05, 0) is 46.3 Å². The number of esters is 1. The van der Waals surface area contributed by atoms with Crippen LogP contribution in [0, 0.1) is 17.5 Å². The van der Waals surface area contributed by atoms with Crippen LogP contribution in [0.15, 0.2) is 34.8 Å². The smallest absolute Gasteiger partial charge is 0.340 e. The molecule has 0 unspecified atom stereocenters. The predicted octanol–water partition coefficient (Wildman–Crippen LogP) is 3.81. The Morgan fingerprint density at radius 2 is 1.90 bits per heavy atom. The number of hydrogen-bond acceptors (Lipinski definition) is 3. The van der Waals surface area contributed by atoms with Crippen LogP contribution in [0.1, 0.15) is 15.9 Å². The van der Waals surface area contributed by atoms with Crippen LogP contribution in [0.5, 0.6) is 0 Å². The molecule has 2 aromatic carbocycles. The molecule has 0 radical (unpaired) electrons. The maximum atomic E-state index is 13.7. The van der Waals surface area contributed by atoms with Gasteiger partial charge in [-0.3, -0.25) is 0 Å². The van der Waals surface area contributed by atoms with Crippen molar-refractivity contribution in [3.05, 3.63) is 63.4 Å². The number of nitrogen functional groups attached to an aromatic ring is 1. The van der Waals surface area contributed by atoms with E-state index in [4.69, 9.17) is 10.5 Å². The van der Waals surface area contributed by atoms with Gasteiger partial charge in [0.25, 0.3) is 0 Å². The fourth-order valence-electron chi connectivity index (χ4n) is 1.62. The summed E-state index contributed by atoms with van der Waals surface area (Å²) in [7, 11) is 0. The molecule has 0 aromatic heterocycles. The SMILES string of the molecule is Nc1ccc(F)cc1C(=O)OCc1c(F)ccc(Br)c1F. The fourth-order valence-corrected chi connectivity index (χ4v) is 1.99. The van der Waals surface area contributed by atoms with Crippen molar-refractivity contribution < 1.29 is 22.7 Å². The van der Waals surface area contributed by atoms with E-state index in [1.807, 2.05) is 0 Å². The lowest BCUT2D eigenvalue weighted by Crippen LogP contribution is -2.10.